The number of aromatic amines is 1. The third kappa shape index (κ3) is 4.79. The lowest BCUT2D eigenvalue weighted by molar-refractivity contribution is -0.138. The van der Waals surface area contributed by atoms with E-state index in [1.54, 1.807) is 0 Å². The SMILES string of the molecule is O=C(O)NC1CN(C(=O)NS(=O)(=O)N2CCCN(NC(=O)c3cc(=O)c(O)c[nH]3)C2=O)C1=O. The van der Waals surface area contributed by atoms with Crippen LogP contribution < -0.4 is 20.9 Å². The van der Waals surface area contributed by atoms with Crippen LogP contribution in [0.4, 0.5) is 14.4 Å². The third-order valence-electron chi connectivity index (χ3n) is 4.54. The molecule has 2 aliphatic heterocycles. The van der Waals surface area contributed by atoms with Crippen LogP contribution in [0.2, 0.25) is 0 Å². The largest absolute Gasteiger partial charge is 0.503 e. The Balaban J connectivity index is 1.64. The average molecular weight is 487 g/mol. The van der Waals surface area contributed by atoms with E-state index in [-0.39, 0.29) is 29.5 Å². The lowest BCUT2D eigenvalue weighted by Gasteiger charge is -2.37. The zero-order chi connectivity index (χ0) is 24.5. The number of carbonyl (C=O) groups is 5. The number of nitrogens with one attached hydrogen (secondary N) is 4. The van der Waals surface area contributed by atoms with E-state index in [0.717, 1.165) is 12.3 Å². The smallest absolute Gasteiger partial charge is 0.405 e. The zero-order valence-corrected chi connectivity index (χ0v) is 17.3. The van der Waals surface area contributed by atoms with Crippen molar-refractivity contribution in [1.82, 2.24) is 34.7 Å². The number of hydrazine groups is 1. The first-order valence-corrected chi connectivity index (χ1v) is 10.5. The Morgan fingerprint density at radius 2 is 1.85 bits per heavy atom. The van der Waals surface area contributed by atoms with Crippen molar-refractivity contribution in [3.05, 3.63) is 28.2 Å². The number of carboxylic acid groups (broad SMARTS) is 1. The van der Waals surface area contributed by atoms with Crippen molar-refractivity contribution >= 4 is 40.2 Å². The highest BCUT2D eigenvalue weighted by atomic mass is 32.2. The van der Waals surface area contributed by atoms with Gasteiger partial charge in [0, 0.05) is 25.4 Å². The first-order valence-electron chi connectivity index (χ1n) is 9.10. The van der Waals surface area contributed by atoms with Gasteiger partial charge in [-0.1, -0.05) is 0 Å². The molecular formula is C15H17N7O10S. The summed E-state index contributed by atoms with van der Waals surface area (Å²) in [5.41, 5.74) is 0.926. The van der Waals surface area contributed by atoms with E-state index in [0.29, 0.717) is 9.91 Å². The molecule has 0 spiro atoms. The normalized spacial score (nSPS) is 18.4. The fourth-order valence-electron chi connectivity index (χ4n) is 2.89. The maximum absolute atomic E-state index is 12.6. The number of amides is 7. The van der Waals surface area contributed by atoms with Gasteiger partial charge in [-0.05, 0) is 6.42 Å². The van der Waals surface area contributed by atoms with E-state index >= 15 is 0 Å². The van der Waals surface area contributed by atoms with Crippen molar-refractivity contribution in [1.29, 1.82) is 0 Å². The van der Waals surface area contributed by atoms with Crippen LogP contribution in [0.15, 0.2) is 17.1 Å². The Labute approximate surface area is 184 Å². The maximum Gasteiger partial charge on any atom is 0.405 e. The van der Waals surface area contributed by atoms with Crippen molar-refractivity contribution < 1.29 is 42.6 Å². The first-order chi connectivity index (χ1) is 15.4. The van der Waals surface area contributed by atoms with Crippen molar-refractivity contribution in [2.45, 2.75) is 12.5 Å². The van der Waals surface area contributed by atoms with E-state index in [4.69, 9.17) is 5.11 Å². The minimum absolute atomic E-state index is 0.0560. The van der Waals surface area contributed by atoms with Crippen LogP contribution in [0.25, 0.3) is 0 Å². The van der Waals surface area contributed by atoms with Gasteiger partial charge in [0.1, 0.15) is 11.7 Å². The number of β-lactam (4-membered cyclic amide) rings is 1. The molecule has 2 aliphatic rings. The van der Waals surface area contributed by atoms with Crippen molar-refractivity contribution in [3.8, 4) is 5.75 Å². The second-order valence-corrected chi connectivity index (χ2v) is 8.36. The number of hydrogen-bond acceptors (Lipinski definition) is 9. The lowest BCUT2D eigenvalue weighted by Crippen LogP contribution is -2.68. The van der Waals surface area contributed by atoms with Crippen LogP contribution in [0.3, 0.4) is 0 Å². The molecule has 33 heavy (non-hydrogen) atoms. The number of imide groups is 1. The third-order valence-corrected chi connectivity index (χ3v) is 5.89. The highest BCUT2D eigenvalue weighted by molar-refractivity contribution is 7.88. The van der Waals surface area contributed by atoms with Crippen molar-refractivity contribution in [3.63, 3.8) is 0 Å². The van der Waals surface area contributed by atoms with Crippen LogP contribution >= 0.6 is 0 Å². The molecule has 0 saturated carbocycles. The minimum atomic E-state index is -4.79. The number of nitrogens with zero attached hydrogens (tertiary/aromatic N) is 3. The Morgan fingerprint density at radius 3 is 2.45 bits per heavy atom. The summed E-state index contributed by atoms with van der Waals surface area (Å²) in [4.78, 5) is 73.5. The number of pyridine rings is 1. The van der Waals surface area contributed by atoms with E-state index in [1.807, 2.05) is 5.32 Å². The van der Waals surface area contributed by atoms with Gasteiger partial charge in [-0.3, -0.25) is 24.7 Å². The molecule has 2 fully saturated rings. The van der Waals surface area contributed by atoms with E-state index in [9.17, 15) is 42.3 Å². The predicted octanol–water partition coefficient (Wildman–Crippen LogP) is -2.71. The number of H-pyrrole nitrogens is 1. The minimum Gasteiger partial charge on any atom is -0.503 e. The number of aromatic nitrogens is 1. The molecular weight excluding hydrogens is 470 g/mol. The molecule has 17 nitrogen and oxygen atoms in total. The van der Waals surface area contributed by atoms with Gasteiger partial charge >= 0.3 is 28.4 Å². The zero-order valence-electron chi connectivity index (χ0n) is 16.5. The van der Waals surface area contributed by atoms with Crippen LogP contribution in [-0.4, -0.2) is 93.5 Å². The molecule has 3 rings (SSSR count). The van der Waals surface area contributed by atoms with Crippen LogP contribution in [-0.2, 0) is 15.0 Å². The molecule has 1 aromatic rings. The molecule has 1 unspecified atom stereocenters. The summed E-state index contributed by atoms with van der Waals surface area (Å²) in [5, 5.41) is 20.3. The number of aromatic hydroxyl groups is 1. The van der Waals surface area contributed by atoms with Crippen LogP contribution in [0.1, 0.15) is 16.9 Å². The highest BCUT2D eigenvalue weighted by Gasteiger charge is 2.44. The topological polar surface area (TPSA) is 239 Å². The Kier molecular flexibility index (Phi) is 6.11. The van der Waals surface area contributed by atoms with Gasteiger partial charge in [-0.15, -0.1) is 0 Å². The molecule has 0 radical (unpaired) electrons. The number of rotatable bonds is 5. The Morgan fingerprint density at radius 1 is 1.15 bits per heavy atom. The van der Waals surface area contributed by atoms with Gasteiger partial charge in [0.05, 0.1) is 6.54 Å². The van der Waals surface area contributed by atoms with E-state index in [2.05, 4.69) is 10.4 Å². The summed E-state index contributed by atoms with van der Waals surface area (Å²) >= 11 is 0. The van der Waals surface area contributed by atoms with Gasteiger partial charge in [0.15, 0.2) is 5.75 Å². The number of carbonyl (C=O) groups excluding carboxylic acids is 4. The average Bonchev–Trinajstić information content (AvgIpc) is 2.73. The van der Waals surface area contributed by atoms with Gasteiger partial charge < -0.3 is 20.5 Å². The molecule has 3 heterocycles. The first kappa shape index (κ1) is 23.3. The molecule has 6 N–H and O–H groups in total. The van der Waals surface area contributed by atoms with Gasteiger partial charge in [-0.2, -0.15) is 8.42 Å². The quantitative estimate of drug-likeness (QED) is 0.235. The maximum atomic E-state index is 12.6. The monoisotopic (exact) mass is 487 g/mol. The molecule has 1 aromatic heterocycles. The molecule has 178 valence electrons. The van der Waals surface area contributed by atoms with E-state index < -0.39 is 63.9 Å². The highest BCUT2D eigenvalue weighted by Crippen LogP contribution is 2.14. The molecule has 7 amide bonds. The summed E-state index contributed by atoms with van der Waals surface area (Å²) in [7, 11) is -4.79. The van der Waals surface area contributed by atoms with E-state index in [1.165, 1.54) is 4.72 Å². The molecule has 0 aromatic carbocycles. The number of likely N-dealkylation sites (tertiary alicyclic amines) is 1. The van der Waals surface area contributed by atoms with Crippen molar-refractivity contribution in [2.75, 3.05) is 19.6 Å². The molecule has 1 atom stereocenters. The summed E-state index contributed by atoms with van der Waals surface area (Å²) in [6.45, 7) is -0.853. The van der Waals surface area contributed by atoms with Gasteiger partial charge in [-0.25, -0.2) is 28.4 Å². The van der Waals surface area contributed by atoms with Crippen LogP contribution in [0.5, 0.6) is 5.75 Å². The fraction of sp³-hybridized carbons (Fsp3) is 0.333. The second kappa shape index (κ2) is 8.65. The van der Waals surface area contributed by atoms with Gasteiger partial charge in [0.25, 0.3) is 11.8 Å². The summed E-state index contributed by atoms with van der Waals surface area (Å²) < 4.78 is 26.8. The van der Waals surface area contributed by atoms with Crippen LogP contribution in [0, 0.1) is 0 Å². The fourth-order valence-corrected chi connectivity index (χ4v) is 4.00. The standard InChI is InChI=1S/C15H17N7O10S/c23-9-4-7(16-5-10(9)24)11(25)18-21-2-1-3-22(15(21)30)33(31,32)19-13(27)20-6-8(12(20)26)17-14(28)29/h4-5,8,17,24H,1-3,6H2,(H,16,23)(H,18,25)(H,19,27)(H,28,29). The number of urea groups is 2. The predicted molar refractivity (Wildman–Crippen MR) is 104 cm³/mol. The Hall–Kier alpha value is -4.35. The summed E-state index contributed by atoms with van der Waals surface area (Å²) in [6, 6.07) is -3.05. The second-order valence-electron chi connectivity index (χ2n) is 6.76. The number of hydrogen-bond donors (Lipinski definition) is 6. The summed E-state index contributed by atoms with van der Waals surface area (Å²) in [5.74, 6) is -2.60. The molecule has 0 bridgehead atoms. The lowest BCUT2D eigenvalue weighted by atomic mass is 10.1. The van der Waals surface area contributed by atoms with Crippen molar-refractivity contribution in [2.24, 2.45) is 0 Å². The Bertz CT molecular complexity index is 1200. The molecule has 0 aliphatic carbocycles. The summed E-state index contributed by atoms with van der Waals surface area (Å²) in [6.07, 6.45) is -0.589. The van der Waals surface area contributed by atoms with Gasteiger partial charge in [0.2, 0.25) is 5.43 Å². The molecule has 2 saturated heterocycles. The molecule has 18 heteroatoms.